The Balaban J connectivity index is 1.74. The predicted octanol–water partition coefficient (Wildman–Crippen LogP) is 2.87. The molecule has 1 aliphatic rings. The van der Waals surface area contributed by atoms with Crippen molar-refractivity contribution in [3.8, 4) is 0 Å². The molecule has 6 nitrogen and oxygen atoms in total. The lowest BCUT2D eigenvalue weighted by molar-refractivity contribution is 0.0730. The second kappa shape index (κ2) is 8.03. The number of sulfonamides is 1. The minimum Gasteiger partial charge on any atom is -0.379 e. The predicted molar refractivity (Wildman–Crippen MR) is 108 cm³/mol. The molecule has 0 radical (unpaired) electrons. The zero-order valence-electron chi connectivity index (χ0n) is 14.2. The van der Waals surface area contributed by atoms with Crippen LogP contribution in [0.3, 0.4) is 0 Å². The molecule has 0 saturated carbocycles. The highest BCUT2D eigenvalue weighted by atomic mass is 127. The third kappa shape index (κ3) is 4.25. The molecule has 1 N–H and O–H groups in total. The monoisotopic (exact) mass is 486 g/mol. The number of hydrogen-bond donors (Lipinski definition) is 1. The number of anilines is 1. The molecule has 0 aromatic heterocycles. The number of nitrogens with one attached hydrogen (secondary N) is 1. The first-order chi connectivity index (χ1) is 12.4. The van der Waals surface area contributed by atoms with Crippen molar-refractivity contribution in [3.05, 3.63) is 57.2 Å². The number of ether oxygens (including phenoxy) is 1. The second-order valence-electron chi connectivity index (χ2n) is 5.98. The first-order valence-electron chi connectivity index (χ1n) is 8.13. The van der Waals surface area contributed by atoms with Gasteiger partial charge in [-0.1, -0.05) is 11.6 Å². The number of morpholine rings is 1. The molecule has 1 aliphatic heterocycles. The van der Waals surface area contributed by atoms with Crippen LogP contribution in [0.4, 0.5) is 5.69 Å². The van der Waals surface area contributed by atoms with Crippen molar-refractivity contribution in [1.29, 1.82) is 0 Å². The van der Waals surface area contributed by atoms with Crippen molar-refractivity contribution in [2.45, 2.75) is 11.8 Å². The second-order valence-corrected chi connectivity index (χ2v) is 9.08. The van der Waals surface area contributed by atoms with Crippen LogP contribution in [-0.2, 0) is 14.8 Å². The molecule has 2 aromatic carbocycles. The van der Waals surface area contributed by atoms with E-state index < -0.39 is 10.0 Å². The molecule has 26 heavy (non-hydrogen) atoms. The lowest BCUT2D eigenvalue weighted by atomic mass is 10.1. The fraction of sp³-hybridized carbons (Fsp3) is 0.278. The van der Waals surface area contributed by atoms with Gasteiger partial charge >= 0.3 is 0 Å². The third-order valence-corrected chi connectivity index (χ3v) is 6.89. The van der Waals surface area contributed by atoms with Crippen LogP contribution < -0.4 is 5.32 Å². The maximum Gasteiger partial charge on any atom is 0.256 e. The van der Waals surface area contributed by atoms with E-state index in [2.05, 4.69) is 27.9 Å². The Morgan fingerprint density at radius 2 is 1.77 bits per heavy atom. The van der Waals surface area contributed by atoms with Crippen LogP contribution >= 0.6 is 22.6 Å². The van der Waals surface area contributed by atoms with Gasteiger partial charge in [0.1, 0.15) is 0 Å². The van der Waals surface area contributed by atoms with Crippen LogP contribution in [0.2, 0.25) is 0 Å². The molecule has 8 heteroatoms. The van der Waals surface area contributed by atoms with Gasteiger partial charge in [-0.2, -0.15) is 4.31 Å². The number of amides is 1. The molecule has 0 bridgehead atoms. The summed E-state index contributed by atoms with van der Waals surface area (Å²) in [4.78, 5) is 12.6. The topological polar surface area (TPSA) is 75.7 Å². The zero-order chi connectivity index (χ0) is 18.7. The average Bonchev–Trinajstić information content (AvgIpc) is 2.63. The maximum absolute atomic E-state index is 12.6. The molecule has 0 spiro atoms. The van der Waals surface area contributed by atoms with Gasteiger partial charge in [-0.25, -0.2) is 8.42 Å². The maximum atomic E-state index is 12.6. The molecule has 0 aliphatic carbocycles. The number of carbonyl (C=O) groups is 1. The molecule has 1 heterocycles. The van der Waals surface area contributed by atoms with E-state index in [0.717, 1.165) is 9.13 Å². The summed E-state index contributed by atoms with van der Waals surface area (Å²) in [5.74, 6) is -0.224. The standard InChI is InChI=1S/C18H19IN2O4S/c1-13-2-7-16(17(19)12-13)18(22)20-14-3-5-15(6-4-14)26(23,24)21-8-10-25-11-9-21/h2-7,12H,8-11H2,1H3,(H,20,22). The molecule has 2 aromatic rings. The van der Waals surface area contributed by atoms with E-state index in [1.165, 1.54) is 16.4 Å². The van der Waals surface area contributed by atoms with Gasteiger partial charge < -0.3 is 10.1 Å². The molecule has 0 unspecified atom stereocenters. The van der Waals surface area contributed by atoms with E-state index in [-0.39, 0.29) is 10.8 Å². The van der Waals surface area contributed by atoms with E-state index in [1.54, 1.807) is 18.2 Å². The first kappa shape index (κ1) is 19.3. The molecule has 1 saturated heterocycles. The SMILES string of the molecule is Cc1ccc(C(=O)Nc2ccc(S(=O)(=O)N3CCOCC3)cc2)c(I)c1. The first-order valence-corrected chi connectivity index (χ1v) is 10.7. The molecule has 1 fully saturated rings. The van der Waals surface area contributed by atoms with Crippen LogP contribution in [0.5, 0.6) is 0 Å². The van der Waals surface area contributed by atoms with Gasteiger partial charge in [-0.05, 0) is 65.9 Å². The van der Waals surface area contributed by atoms with E-state index in [0.29, 0.717) is 37.6 Å². The Morgan fingerprint density at radius 1 is 1.12 bits per heavy atom. The fourth-order valence-corrected chi connectivity index (χ4v) is 4.97. The van der Waals surface area contributed by atoms with Crippen LogP contribution in [0, 0.1) is 10.5 Å². The van der Waals surface area contributed by atoms with Gasteiger partial charge in [0.05, 0.1) is 23.7 Å². The molecular formula is C18H19IN2O4S. The Labute approximate surface area is 166 Å². The number of benzene rings is 2. The molecule has 3 rings (SSSR count). The number of rotatable bonds is 4. The number of aryl methyl sites for hydroxylation is 1. The largest absolute Gasteiger partial charge is 0.379 e. The van der Waals surface area contributed by atoms with Crippen LogP contribution in [0.1, 0.15) is 15.9 Å². The summed E-state index contributed by atoms with van der Waals surface area (Å²) in [6.07, 6.45) is 0. The number of halogens is 1. The fourth-order valence-electron chi connectivity index (χ4n) is 2.65. The van der Waals surface area contributed by atoms with Crippen LogP contribution in [0.15, 0.2) is 47.4 Å². The summed E-state index contributed by atoms with van der Waals surface area (Å²) in [5.41, 5.74) is 2.22. The smallest absolute Gasteiger partial charge is 0.256 e. The van der Waals surface area contributed by atoms with Crippen LogP contribution in [0.25, 0.3) is 0 Å². The van der Waals surface area contributed by atoms with Gasteiger partial charge in [0, 0.05) is 22.3 Å². The summed E-state index contributed by atoms with van der Waals surface area (Å²) >= 11 is 2.13. The normalized spacial score (nSPS) is 15.6. The van der Waals surface area contributed by atoms with E-state index in [1.807, 2.05) is 19.1 Å². The van der Waals surface area contributed by atoms with E-state index >= 15 is 0 Å². The van der Waals surface area contributed by atoms with Crippen molar-refractivity contribution in [2.24, 2.45) is 0 Å². The Kier molecular flexibility index (Phi) is 5.96. The average molecular weight is 486 g/mol. The highest BCUT2D eigenvalue weighted by Crippen LogP contribution is 2.21. The number of carbonyl (C=O) groups excluding carboxylic acids is 1. The van der Waals surface area contributed by atoms with Crippen molar-refractivity contribution < 1.29 is 17.9 Å². The summed E-state index contributed by atoms with van der Waals surface area (Å²) in [6, 6.07) is 11.8. The minimum atomic E-state index is -3.53. The van der Waals surface area contributed by atoms with Crippen molar-refractivity contribution in [1.82, 2.24) is 4.31 Å². The summed E-state index contributed by atoms with van der Waals surface area (Å²) in [5, 5.41) is 2.80. The third-order valence-electron chi connectivity index (χ3n) is 4.09. The summed E-state index contributed by atoms with van der Waals surface area (Å²) in [7, 11) is -3.53. The summed E-state index contributed by atoms with van der Waals surface area (Å²) < 4.78 is 32.7. The number of hydrogen-bond acceptors (Lipinski definition) is 4. The lowest BCUT2D eigenvalue weighted by Crippen LogP contribution is -2.40. The number of nitrogens with zero attached hydrogens (tertiary/aromatic N) is 1. The van der Waals surface area contributed by atoms with Crippen molar-refractivity contribution in [3.63, 3.8) is 0 Å². The molecular weight excluding hydrogens is 467 g/mol. The van der Waals surface area contributed by atoms with Gasteiger partial charge in [0.25, 0.3) is 5.91 Å². The van der Waals surface area contributed by atoms with Gasteiger partial charge in [-0.15, -0.1) is 0 Å². The molecule has 0 atom stereocenters. The summed E-state index contributed by atoms with van der Waals surface area (Å²) in [6.45, 7) is 3.49. The molecule has 1 amide bonds. The van der Waals surface area contributed by atoms with Crippen LogP contribution in [-0.4, -0.2) is 44.9 Å². The van der Waals surface area contributed by atoms with E-state index in [4.69, 9.17) is 4.74 Å². The van der Waals surface area contributed by atoms with Crippen molar-refractivity contribution in [2.75, 3.05) is 31.6 Å². The quantitative estimate of drug-likeness (QED) is 0.675. The van der Waals surface area contributed by atoms with Gasteiger partial charge in [0.2, 0.25) is 10.0 Å². The van der Waals surface area contributed by atoms with Gasteiger partial charge in [0.15, 0.2) is 0 Å². The Bertz CT molecular complexity index is 907. The zero-order valence-corrected chi connectivity index (χ0v) is 17.2. The minimum absolute atomic E-state index is 0.210. The highest BCUT2D eigenvalue weighted by molar-refractivity contribution is 14.1. The Morgan fingerprint density at radius 3 is 2.38 bits per heavy atom. The van der Waals surface area contributed by atoms with Crippen molar-refractivity contribution >= 4 is 44.2 Å². The van der Waals surface area contributed by atoms with E-state index in [9.17, 15) is 13.2 Å². The highest BCUT2D eigenvalue weighted by Gasteiger charge is 2.26. The lowest BCUT2D eigenvalue weighted by Gasteiger charge is -2.26. The van der Waals surface area contributed by atoms with Gasteiger partial charge in [-0.3, -0.25) is 4.79 Å². The Hall–Kier alpha value is -1.49. The molecule has 138 valence electrons.